The number of carbonyl (C=O) groups excluding carboxylic acids is 1. The van der Waals surface area contributed by atoms with Crippen LogP contribution in [0.2, 0.25) is 0 Å². The molecular weight excluding hydrogens is 308 g/mol. The van der Waals surface area contributed by atoms with E-state index in [1.54, 1.807) is 0 Å². The summed E-state index contributed by atoms with van der Waals surface area (Å²) in [6.45, 7) is 11.3. The Morgan fingerprint density at radius 2 is 1.20 bits per heavy atom. The molecule has 25 heavy (non-hydrogen) atoms. The monoisotopic (exact) mass is 338 g/mol. The number of hydrogen-bond acceptors (Lipinski definition) is 3. The summed E-state index contributed by atoms with van der Waals surface area (Å²) in [4.78, 5) is 15.8. The molecule has 0 aliphatic carbocycles. The summed E-state index contributed by atoms with van der Waals surface area (Å²) in [5, 5.41) is 0. The summed E-state index contributed by atoms with van der Waals surface area (Å²) < 4.78 is 0. The highest BCUT2D eigenvalue weighted by atomic mass is 16.1. The predicted octanol–water partition coefficient (Wildman–Crippen LogP) is 4.01. The summed E-state index contributed by atoms with van der Waals surface area (Å²) in [6, 6.07) is 20.9. The molecule has 134 valence electrons. The van der Waals surface area contributed by atoms with Gasteiger partial charge in [-0.1, -0.05) is 81.4 Å². The fraction of sp³-hybridized carbons (Fsp3) is 0.409. The number of Topliss-reactive ketones (excluding diaryl/α,β-unsaturated/α-hetero) is 1. The van der Waals surface area contributed by atoms with E-state index in [2.05, 4.69) is 54.8 Å². The molecule has 1 aliphatic heterocycles. The molecule has 3 rings (SSSR count). The predicted molar refractivity (Wildman–Crippen MR) is 105 cm³/mol. The van der Waals surface area contributed by atoms with E-state index in [1.165, 1.54) is 30.8 Å². The molecule has 0 radical (unpaired) electrons. The standard InChI is InChI=1S/C16H15NO.C6H15N/c18-15-11-17(12-15)16(13-7-3-1-4-8-13)14-9-5-2-6-10-14;1-4-7(5-2)6-3/h1-10,16H,11-12H2;4-6H2,1-3H3. The Morgan fingerprint density at radius 1 is 0.800 bits per heavy atom. The van der Waals surface area contributed by atoms with E-state index in [9.17, 15) is 4.79 Å². The maximum atomic E-state index is 11.2. The second-order valence-electron chi connectivity index (χ2n) is 6.29. The number of ketones is 1. The van der Waals surface area contributed by atoms with Crippen LogP contribution in [-0.4, -0.2) is 48.3 Å². The topological polar surface area (TPSA) is 23.6 Å². The van der Waals surface area contributed by atoms with Crippen molar-refractivity contribution in [3.63, 3.8) is 0 Å². The molecular formula is C22H30N2O. The van der Waals surface area contributed by atoms with Gasteiger partial charge in [-0.3, -0.25) is 9.69 Å². The average molecular weight is 338 g/mol. The van der Waals surface area contributed by atoms with Crippen LogP contribution in [0.5, 0.6) is 0 Å². The molecule has 1 saturated heterocycles. The number of benzene rings is 2. The van der Waals surface area contributed by atoms with Gasteiger partial charge in [0.2, 0.25) is 0 Å². The Bertz CT molecular complexity index is 570. The van der Waals surface area contributed by atoms with Crippen LogP contribution in [0.15, 0.2) is 60.7 Å². The molecule has 0 N–H and O–H groups in total. The van der Waals surface area contributed by atoms with Crippen molar-refractivity contribution in [2.24, 2.45) is 0 Å². The fourth-order valence-corrected chi connectivity index (χ4v) is 3.14. The van der Waals surface area contributed by atoms with E-state index in [0.29, 0.717) is 18.9 Å². The third-order valence-corrected chi connectivity index (χ3v) is 4.70. The summed E-state index contributed by atoms with van der Waals surface area (Å²) in [5.74, 6) is 0.326. The minimum atomic E-state index is 0.199. The minimum Gasteiger partial charge on any atom is -0.304 e. The van der Waals surface area contributed by atoms with Crippen LogP contribution in [0.3, 0.4) is 0 Å². The van der Waals surface area contributed by atoms with Crippen LogP contribution < -0.4 is 0 Å². The number of rotatable bonds is 6. The molecule has 3 heteroatoms. The van der Waals surface area contributed by atoms with Crippen LogP contribution in [0, 0.1) is 0 Å². The molecule has 0 bridgehead atoms. The molecule has 1 aliphatic rings. The van der Waals surface area contributed by atoms with E-state index in [0.717, 1.165) is 0 Å². The molecule has 1 fully saturated rings. The van der Waals surface area contributed by atoms with Gasteiger partial charge in [0, 0.05) is 0 Å². The molecule has 1 heterocycles. The molecule has 0 spiro atoms. The quantitative estimate of drug-likeness (QED) is 0.795. The van der Waals surface area contributed by atoms with Gasteiger partial charge in [0.05, 0.1) is 19.1 Å². The number of carbonyl (C=O) groups is 1. The molecule has 0 unspecified atom stereocenters. The SMILES string of the molecule is CCN(CC)CC.O=C1CN(C(c2ccccc2)c2ccccc2)C1. The van der Waals surface area contributed by atoms with E-state index in [-0.39, 0.29) is 6.04 Å². The first kappa shape index (κ1) is 19.4. The van der Waals surface area contributed by atoms with Crippen LogP contribution in [0.25, 0.3) is 0 Å². The van der Waals surface area contributed by atoms with Gasteiger partial charge in [0.25, 0.3) is 0 Å². The fourth-order valence-electron chi connectivity index (χ4n) is 3.14. The zero-order valence-electron chi connectivity index (χ0n) is 15.7. The lowest BCUT2D eigenvalue weighted by Crippen LogP contribution is -2.49. The van der Waals surface area contributed by atoms with Crippen molar-refractivity contribution in [3.8, 4) is 0 Å². The van der Waals surface area contributed by atoms with E-state index in [1.807, 2.05) is 36.4 Å². The molecule has 0 saturated carbocycles. The molecule has 2 aromatic carbocycles. The first-order valence-corrected chi connectivity index (χ1v) is 9.27. The van der Waals surface area contributed by atoms with Crippen molar-refractivity contribution < 1.29 is 4.79 Å². The van der Waals surface area contributed by atoms with Crippen LogP contribution in [0.1, 0.15) is 37.9 Å². The third kappa shape index (κ3) is 5.52. The zero-order valence-corrected chi connectivity index (χ0v) is 15.7. The van der Waals surface area contributed by atoms with Crippen molar-refractivity contribution in [3.05, 3.63) is 71.8 Å². The van der Waals surface area contributed by atoms with Crippen LogP contribution in [-0.2, 0) is 4.79 Å². The van der Waals surface area contributed by atoms with Crippen molar-refractivity contribution in [1.82, 2.24) is 9.80 Å². The number of hydrogen-bond donors (Lipinski definition) is 0. The largest absolute Gasteiger partial charge is 0.304 e. The molecule has 0 amide bonds. The van der Waals surface area contributed by atoms with E-state index >= 15 is 0 Å². The summed E-state index contributed by atoms with van der Waals surface area (Å²) >= 11 is 0. The van der Waals surface area contributed by atoms with E-state index < -0.39 is 0 Å². The maximum Gasteiger partial charge on any atom is 0.160 e. The summed E-state index contributed by atoms with van der Waals surface area (Å²) in [6.07, 6.45) is 0. The van der Waals surface area contributed by atoms with Crippen LogP contribution in [0.4, 0.5) is 0 Å². The third-order valence-electron chi connectivity index (χ3n) is 4.70. The lowest BCUT2D eigenvalue weighted by Gasteiger charge is -2.37. The molecule has 0 atom stereocenters. The Balaban J connectivity index is 0.000000277. The Hall–Kier alpha value is -1.97. The highest BCUT2D eigenvalue weighted by molar-refractivity contribution is 5.88. The Morgan fingerprint density at radius 3 is 1.48 bits per heavy atom. The van der Waals surface area contributed by atoms with Gasteiger partial charge < -0.3 is 4.90 Å². The first-order valence-electron chi connectivity index (χ1n) is 9.27. The minimum absolute atomic E-state index is 0.199. The number of nitrogens with zero attached hydrogens (tertiary/aromatic N) is 2. The van der Waals surface area contributed by atoms with Crippen molar-refractivity contribution in [1.29, 1.82) is 0 Å². The summed E-state index contributed by atoms with van der Waals surface area (Å²) in [5.41, 5.74) is 2.49. The van der Waals surface area contributed by atoms with Crippen molar-refractivity contribution >= 4 is 5.78 Å². The highest BCUT2D eigenvalue weighted by Gasteiger charge is 2.32. The van der Waals surface area contributed by atoms with Gasteiger partial charge in [-0.25, -0.2) is 0 Å². The molecule has 3 nitrogen and oxygen atoms in total. The van der Waals surface area contributed by atoms with E-state index in [4.69, 9.17) is 0 Å². The Kier molecular flexibility index (Phi) is 7.83. The van der Waals surface area contributed by atoms with Gasteiger partial charge in [0.1, 0.15) is 0 Å². The van der Waals surface area contributed by atoms with Gasteiger partial charge in [0.15, 0.2) is 5.78 Å². The smallest absolute Gasteiger partial charge is 0.160 e. The van der Waals surface area contributed by atoms with Gasteiger partial charge in [-0.2, -0.15) is 0 Å². The first-order chi connectivity index (χ1) is 12.2. The van der Waals surface area contributed by atoms with Crippen molar-refractivity contribution in [2.45, 2.75) is 26.8 Å². The maximum absolute atomic E-state index is 11.2. The van der Waals surface area contributed by atoms with Gasteiger partial charge >= 0.3 is 0 Å². The summed E-state index contributed by atoms with van der Waals surface area (Å²) in [7, 11) is 0. The average Bonchev–Trinajstić information content (AvgIpc) is 2.64. The second-order valence-corrected chi connectivity index (χ2v) is 6.29. The lowest BCUT2D eigenvalue weighted by atomic mass is 9.94. The molecule has 0 aromatic heterocycles. The van der Waals surface area contributed by atoms with Gasteiger partial charge in [-0.15, -0.1) is 0 Å². The molecule has 2 aromatic rings. The Labute approximate surface area is 152 Å². The van der Waals surface area contributed by atoms with Crippen LogP contribution >= 0.6 is 0 Å². The zero-order chi connectivity index (χ0) is 18.1. The highest BCUT2D eigenvalue weighted by Crippen LogP contribution is 2.30. The van der Waals surface area contributed by atoms with Gasteiger partial charge in [-0.05, 0) is 30.8 Å². The second kappa shape index (κ2) is 10.1. The van der Waals surface area contributed by atoms with Crippen molar-refractivity contribution in [2.75, 3.05) is 32.7 Å². The number of likely N-dealkylation sites (tertiary alicyclic amines) is 1. The lowest BCUT2D eigenvalue weighted by molar-refractivity contribution is -0.130. The normalized spacial score (nSPS) is 14.2.